The van der Waals surface area contributed by atoms with Crippen molar-refractivity contribution in [3.8, 4) is 0 Å². The van der Waals surface area contributed by atoms with Crippen molar-refractivity contribution in [2.45, 2.75) is 46.1 Å². The fourth-order valence-corrected chi connectivity index (χ4v) is 1.50. The van der Waals surface area contributed by atoms with Crippen LogP contribution in [0.2, 0.25) is 0 Å². The molecule has 1 atom stereocenters. The molecular weight excluding hydrogens is 264 g/mol. The molecule has 0 aliphatic heterocycles. The third kappa shape index (κ3) is 9.07. The molecule has 114 valence electrons. The lowest BCUT2D eigenvalue weighted by atomic mass is 10.1. The quantitative estimate of drug-likeness (QED) is 0.556. The Hall–Kier alpha value is -1.92. The largest absolute Gasteiger partial charge is 0.481 e. The van der Waals surface area contributed by atoms with Crippen molar-refractivity contribution in [1.29, 1.82) is 0 Å². The summed E-state index contributed by atoms with van der Waals surface area (Å²) < 4.78 is 0. The molecule has 0 fully saturated rings. The van der Waals surface area contributed by atoms with Crippen LogP contribution in [-0.4, -0.2) is 41.3 Å². The minimum atomic E-state index is -1.05. The van der Waals surface area contributed by atoms with Gasteiger partial charge in [-0.1, -0.05) is 13.8 Å². The Labute approximate surface area is 118 Å². The SMILES string of the molecule is CC(=O)CNC(=O)C(CCC(=O)O)NC(=O)CC(C)C. The maximum Gasteiger partial charge on any atom is 0.303 e. The monoisotopic (exact) mass is 286 g/mol. The van der Waals surface area contributed by atoms with Crippen LogP contribution in [0.5, 0.6) is 0 Å². The van der Waals surface area contributed by atoms with E-state index in [1.54, 1.807) is 0 Å². The minimum absolute atomic E-state index is 0.0110. The average molecular weight is 286 g/mol. The van der Waals surface area contributed by atoms with Gasteiger partial charge in [0, 0.05) is 12.8 Å². The first kappa shape index (κ1) is 18.1. The van der Waals surface area contributed by atoms with E-state index in [4.69, 9.17) is 5.11 Å². The second-order valence-electron chi connectivity index (χ2n) is 5.07. The van der Waals surface area contributed by atoms with Crippen molar-refractivity contribution in [3.63, 3.8) is 0 Å². The van der Waals surface area contributed by atoms with Gasteiger partial charge < -0.3 is 15.7 Å². The highest BCUT2D eigenvalue weighted by molar-refractivity contribution is 5.90. The van der Waals surface area contributed by atoms with Crippen molar-refractivity contribution >= 4 is 23.6 Å². The van der Waals surface area contributed by atoms with Gasteiger partial charge in [0.15, 0.2) is 0 Å². The molecule has 7 nitrogen and oxygen atoms in total. The van der Waals surface area contributed by atoms with Gasteiger partial charge in [0.25, 0.3) is 0 Å². The van der Waals surface area contributed by atoms with Crippen LogP contribution < -0.4 is 10.6 Å². The number of nitrogens with one attached hydrogen (secondary N) is 2. The molecule has 0 aromatic heterocycles. The third-order valence-electron chi connectivity index (χ3n) is 2.40. The first-order valence-corrected chi connectivity index (χ1v) is 6.50. The summed E-state index contributed by atoms with van der Waals surface area (Å²) in [5.74, 6) is -1.99. The van der Waals surface area contributed by atoms with Crippen molar-refractivity contribution in [2.24, 2.45) is 5.92 Å². The number of carboxylic acids is 1. The van der Waals surface area contributed by atoms with E-state index in [9.17, 15) is 19.2 Å². The molecule has 0 heterocycles. The van der Waals surface area contributed by atoms with E-state index in [-0.39, 0.29) is 43.4 Å². The Bertz CT molecular complexity index is 379. The summed E-state index contributed by atoms with van der Waals surface area (Å²) in [4.78, 5) is 44.8. The summed E-state index contributed by atoms with van der Waals surface area (Å²) in [6.45, 7) is 4.91. The number of aliphatic carboxylic acids is 1. The smallest absolute Gasteiger partial charge is 0.303 e. The maximum absolute atomic E-state index is 11.8. The second kappa shape index (κ2) is 9.06. The first-order valence-electron chi connectivity index (χ1n) is 6.50. The molecule has 0 aliphatic carbocycles. The van der Waals surface area contributed by atoms with Crippen molar-refractivity contribution in [1.82, 2.24) is 10.6 Å². The van der Waals surface area contributed by atoms with Gasteiger partial charge in [-0.2, -0.15) is 0 Å². The van der Waals surface area contributed by atoms with E-state index in [2.05, 4.69) is 10.6 Å². The lowest BCUT2D eigenvalue weighted by Gasteiger charge is -2.18. The predicted molar refractivity (Wildman–Crippen MR) is 71.9 cm³/mol. The molecule has 7 heteroatoms. The average Bonchev–Trinajstić information content (AvgIpc) is 2.30. The summed E-state index contributed by atoms with van der Waals surface area (Å²) in [6, 6.07) is -0.934. The van der Waals surface area contributed by atoms with Gasteiger partial charge in [-0.25, -0.2) is 0 Å². The molecule has 0 saturated heterocycles. The zero-order valence-electron chi connectivity index (χ0n) is 12.1. The molecular formula is C13H22N2O5. The molecule has 0 saturated carbocycles. The Morgan fingerprint density at radius 2 is 1.75 bits per heavy atom. The Balaban J connectivity index is 4.53. The summed E-state index contributed by atoms with van der Waals surface area (Å²) >= 11 is 0. The lowest BCUT2D eigenvalue weighted by Crippen LogP contribution is -2.48. The number of hydrogen-bond donors (Lipinski definition) is 3. The standard InChI is InChI=1S/C13H22N2O5/c1-8(2)6-11(17)15-10(4-5-12(18)19)13(20)14-7-9(3)16/h8,10H,4-7H2,1-3H3,(H,14,20)(H,15,17)(H,18,19). The minimum Gasteiger partial charge on any atom is -0.481 e. The molecule has 0 aromatic carbocycles. The molecule has 0 aromatic rings. The molecule has 0 rings (SSSR count). The highest BCUT2D eigenvalue weighted by Crippen LogP contribution is 2.03. The van der Waals surface area contributed by atoms with Crippen LogP contribution in [0.1, 0.15) is 40.0 Å². The summed E-state index contributed by atoms with van der Waals surface area (Å²) in [5.41, 5.74) is 0. The molecule has 0 radical (unpaired) electrons. The first-order chi connectivity index (χ1) is 9.22. The normalized spacial score (nSPS) is 11.8. The fourth-order valence-electron chi connectivity index (χ4n) is 1.50. The van der Waals surface area contributed by atoms with E-state index >= 15 is 0 Å². The number of carboxylic acid groups (broad SMARTS) is 1. The van der Waals surface area contributed by atoms with Gasteiger partial charge in [-0.05, 0) is 19.3 Å². The summed E-state index contributed by atoms with van der Waals surface area (Å²) in [6.07, 6.45) is 0.00653. The van der Waals surface area contributed by atoms with E-state index in [0.29, 0.717) is 0 Å². The van der Waals surface area contributed by atoms with E-state index in [1.165, 1.54) is 6.92 Å². The number of hydrogen-bond acceptors (Lipinski definition) is 4. The maximum atomic E-state index is 11.8. The number of Topliss-reactive ketones (excluding diaryl/α,β-unsaturated/α-hetero) is 1. The number of carbonyl (C=O) groups excluding carboxylic acids is 3. The van der Waals surface area contributed by atoms with Gasteiger partial charge in [-0.3, -0.25) is 19.2 Å². The van der Waals surface area contributed by atoms with Crippen molar-refractivity contribution < 1.29 is 24.3 Å². The number of carbonyl (C=O) groups is 4. The molecule has 1 unspecified atom stereocenters. The van der Waals surface area contributed by atoms with Crippen LogP contribution >= 0.6 is 0 Å². The second-order valence-corrected chi connectivity index (χ2v) is 5.07. The number of ketones is 1. The van der Waals surface area contributed by atoms with Crippen LogP contribution in [0.4, 0.5) is 0 Å². The third-order valence-corrected chi connectivity index (χ3v) is 2.40. The van der Waals surface area contributed by atoms with Crippen molar-refractivity contribution in [3.05, 3.63) is 0 Å². The predicted octanol–water partition coefficient (Wildman–Crippen LogP) is 0.0873. The van der Waals surface area contributed by atoms with E-state index in [0.717, 1.165) is 0 Å². The topological polar surface area (TPSA) is 113 Å². The van der Waals surface area contributed by atoms with Crippen LogP contribution in [-0.2, 0) is 19.2 Å². The lowest BCUT2D eigenvalue weighted by molar-refractivity contribution is -0.138. The molecule has 0 aliphatic rings. The van der Waals surface area contributed by atoms with Gasteiger partial charge in [0.2, 0.25) is 11.8 Å². The van der Waals surface area contributed by atoms with Crippen LogP contribution in [0.25, 0.3) is 0 Å². The highest BCUT2D eigenvalue weighted by Gasteiger charge is 2.22. The van der Waals surface area contributed by atoms with Gasteiger partial charge >= 0.3 is 5.97 Å². The molecule has 2 amide bonds. The Morgan fingerprint density at radius 1 is 1.15 bits per heavy atom. The molecule has 0 bridgehead atoms. The zero-order chi connectivity index (χ0) is 15.7. The molecule has 3 N–H and O–H groups in total. The highest BCUT2D eigenvalue weighted by atomic mass is 16.4. The fraction of sp³-hybridized carbons (Fsp3) is 0.692. The number of rotatable bonds is 9. The summed E-state index contributed by atoms with van der Waals surface area (Å²) in [7, 11) is 0. The van der Waals surface area contributed by atoms with Crippen LogP contribution in [0.15, 0.2) is 0 Å². The zero-order valence-corrected chi connectivity index (χ0v) is 12.1. The Kier molecular flexibility index (Phi) is 8.19. The van der Waals surface area contributed by atoms with Crippen LogP contribution in [0, 0.1) is 5.92 Å². The van der Waals surface area contributed by atoms with E-state index in [1.807, 2.05) is 13.8 Å². The van der Waals surface area contributed by atoms with Crippen LogP contribution in [0.3, 0.4) is 0 Å². The molecule has 0 spiro atoms. The Morgan fingerprint density at radius 3 is 2.20 bits per heavy atom. The van der Waals surface area contributed by atoms with E-state index < -0.39 is 17.9 Å². The van der Waals surface area contributed by atoms with Gasteiger partial charge in [0.1, 0.15) is 11.8 Å². The van der Waals surface area contributed by atoms with Gasteiger partial charge in [-0.15, -0.1) is 0 Å². The summed E-state index contributed by atoms with van der Waals surface area (Å²) in [5, 5.41) is 13.5. The van der Waals surface area contributed by atoms with Gasteiger partial charge in [0.05, 0.1) is 6.54 Å². The molecule has 20 heavy (non-hydrogen) atoms. The van der Waals surface area contributed by atoms with Crippen molar-refractivity contribution in [2.75, 3.05) is 6.54 Å². The number of amides is 2.